The molecule has 0 aliphatic rings. The number of nitrogens with zero attached hydrogens (tertiary/aromatic N) is 1. The normalized spacial score (nSPS) is 10.6. The smallest absolute Gasteiger partial charge is 0.335 e. The van der Waals surface area contributed by atoms with Gasteiger partial charge in [-0.3, -0.25) is 0 Å². The Bertz CT molecular complexity index is 924. The van der Waals surface area contributed by atoms with Crippen molar-refractivity contribution in [3.63, 3.8) is 0 Å². The molecule has 1 heterocycles. The molecule has 0 atom stereocenters. The van der Waals surface area contributed by atoms with Gasteiger partial charge in [0.25, 0.3) is 0 Å². The summed E-state index contributed by atoms with van der Waals surface area (Å²) in [6.45, 7) is 1.68. The number of carboxylic acid groups (broad SMARTS) is 1. The van der Waals surface area contributed by atoms with Crippen molar-refractivity contribution in [2.24, 2.45) is 0 Å². The van der Waals surface area contributed by atoms with Crippen molar-refractivity contribution < 1.29 is 19.4 Å². The van der Waals surface area contributed by atoms with Crippen LogP contribution in [-0.4, -0.2) is 16.1 Å². The van der Waals surface area contributed by atoms with Crippen LogP contribution in [0.2, 0.25) is 0 Å². The minimum Gasteiger partial charge on any atom is -0.872 e. The van der Waals surface area contributed by atoms with E-state index in [4.69, 9.17) is 5.11 Å². The van der Waals surface area contributed by atoms with Gasteiger partial charge in [0.1, 0.15) is 5.82 Å². The predicted molar refractivity (Wildman–Crippen MR) is 88.4 cm³/mol. The molecule has 0 amide bonds. The van der Waals surface area contributed by atoms with Crippen LogP contribution in [0.25, 0.3) is 11.3 Å². The number of aromatic nitrogens is 1. The minimum absolute atomic E-state index is 0.270. The van der Waals surface area contributed by atoms with Gasteiger partial charge in [-0.2, -0.15) is 0 Å². The monoisotopic (exact) mass is 343 g/mol. The maximum absolute atomic E-state index is 13.3. The number of halogens is 1. The highest BCUT2D eigenvalue weighted by Gasteiger charge is 2.08. The summed E-state index contributed by atoms with van der Waals surface area (Å²) in [5, 5.41) is 25.9. The van der Waals surface area contributed by atoms with Crippen LogP contribution in [-0.2, 0) is 0 Å². The molecule has 0 spiro atoms. The number of carbonyl (C=O) groups is 1. The first kappa shape index (κ1) is 15.9. The first-order valence-corrected chi connectivity index (χ1v) is 7.85. The highest BCUT2D eigenvalue weighted by Crippen LogP contribution is 2.29. The summed E-state index contributed by atoms with van der Waals surface area (Å²) >= 11 is 1.33. The summed E-state index contributed by atoms with van der Waals surface area (Å²) in [6, 6.07) is 8.74. The highest BCUT2D eigenvalue weighted by molar-refractivity contribution is 7.14. The van der Waals surface area contributed by atoms with Crippen LogP contribution in [0.4, 0.5) is 15.2 Å². The van der Waals surface area contributed by atoms with Crippen LogP contribution in [0.5, 0.6) is 5.75 Å². The maximum atomic E-state index is 13.3. The fourth-order valence-electron chi connectivity index (χ4n) is 2.17. The van der Waals surface area contributed by atoms with E-state index < -0.39 is 11.7 Å². The van der Waals surface area contributed by atoms with E-state index >= 15 is 0 Å². The molecule has 0 saturated carbocycles. The summed E-state index contributed by atoms with van der Waals surface area (Å²) in [5.41, 5.74) is 2.21. The molecule has 0 unspecified atom stereocenters. The predicted octanol–water partition coefficient (Wildman–Crippen LogP) is 3.77. The second kappa shape index (κ2) is 6.29. The van der Waals surface area contributed by atoms with Gasteiger partial charge in [0.2, 0.25) is 0 Å². The van der Waals surface area contributed by atoms with Gasteiger partial charge in [0.15, 0.2) is 5.13 Å². The van der Waals surface area contributed by atoms with E-state index in [1.807, 2.05) is 5.38 Å². The number of thiazole rings is 1. The molecule has 0 aliphatic carbocycles. The average Bonchev–Trinajstić information content (AvgIpc) is 2.98. The third-order valence-electron chi connectivity index (χ3n) is 3.42. The molecule has 1 aromatic heterocycles. The van der Waals surface area contributed by atoms with E-state index in [2.05, 4.69) is 10.3 Å². The Morgan fingerprint density at radius 2 is 2.08 bits per heavy atom. The van der Waals surface area contributed by atoms with Crippen LogP contribution in [0, 0.1) is 12.7 Å². The number of benzene rings is 2. The molecular weight excluding hydrogens is 331 g/mol. The Hall–Kier alpha value is -2.93. The SMILES string of the molecule is Cc1cc(-c2csc(Nc3ccc(C(=O)O)c([O-])c3)n2)ccc1F. The van der Waals surface area contributed by atoms with E-state index in [1.54, 1.807) is 19.1 Å². The quantitative estimate of drug-likeness (QED) is 0.753. The van der Waals surface area contributed by atoms with Gasteiger partial charge in [-0.05, 0) is 48.9 Å². The fourth-order valence-corrected chi connectivity index (χ4v) is 2.91. The Morgan fingerprint density at radius 1 is 1.29 bits per heavy atom. The van der Waals surface area contributed by atoms with Gasteiger partial charge in [0, 0.05) is 16.6 Å². The highest BCUT2D eigenvalue weighted by atomic mass is 32.1. The van der Waals surface area contributed by atoms with Crippen LogP contribution in [0.3, 0.4) is 0 Å². The Balaban J connectivity index is 1.82. The molecule has 3 rings (SSSR count). The summed E-state index contributed by atoms with van der Waals surface area (Å²) in [5.74, 6) is -2.10. The van der Waals surface area contributed by atoms with Crippen molar-refractivity contribution in [3.8, 4) is 17.0 Å². The summed E-state index contributed by atoms with van der Waals surface area (Å²) < 4.78 is 13.3. The number of rotatable bonds is 4. The summed E-state index contributed by atoms with van der Waals surface area (Å²) in [7, 11) is 0. The van der Waals surface area contributed by atoms with E-state index in [-0.39, 0.29) is 11.4 Å². The molecule has 3 aromatic rings. The zero-order valence-corrected chi connectivity index (χ0v) is 13.4. The average molecular weight is 343 g/mol. The van der Waals surface area contributed by atoms with Crippen molar-refractivity contribution in [3.05, 3.63) is 58.7 Å². The van der Waals surface area contributed by atoms with E-state index in [1.165, 1.54) is 35.6 Å². The molecule has 5 nitrogen and oxygen atoms in total. The van der Waals surface area contributed by atoms with Crippen molar-refractivity contribution in [2.45, 2.75) is 6.92 Å². The number of anilines is 2. The lowest BCUT2D eigenvalue weighted by atomic mass is 10.1. The van der Waals surface area contributed by atoms with E-state index in [9.17, 15) is 14.3 Å². The zero-order valence-electron chi connectivity index (χ0n) is 12.5. The second-order valence-electron chi connectivity index (χ2n) is 5.14. The second-order valence-corrected chi connectivity index (χ2v) is 6.00. The number of carboxylic acids is 1. The van der Waals surface area contributed by atoms with Crippen molar-refractivity contribution in [1.82, 2.24) is 4.98 Å². The summed E-state index contributed by atoms with van der Waals surface area (Å²) in [6.07, 6.45) is 0. The fraction of sp³-hybridized carbons (Fsp3) is 0.0588. The Kier molecular flexibility index (Phi) is 4.18. The topological polar surface area (TPSA) is 85.3 Å². The Morgan fingerprint density at radius 3 is 2.75 bits per heavy atom. The zero-order chi connectivity index (χ0) is 17.3. The molecule has 24 heavy (non-hydrogen) atoms. The number of aromatic carboxylic acids is 1. The standard InChI is InChI=1S/C17H13FN2O3S/c1-9-6-10(2-5-13(9)18)14-8-24-17(20-14)19-11-3-4-12(16(22)23)15(21)7-11/h2-8,21H,1H3,(H,19,20)(H,22,23)/p-1. The van der Waals surface area contributed by atoms with Crippen LogP contribution < -0.4 is 10.4 Å². The van der Waals surface area contributed by atoms with Gasteiger partial charge < -0.3 is 15.5 Å². The number of nitrogens with one attached hydrogen (secondary N) is 1. The lowest BCUT2D eigenvalue weighted by molar-refractivity contribution is -0.268. The molecular formula is C17H12FN2O3S-. The van der Waals surface area contributed by atoms with E-state index in [0.29, 0.717) is 22.1 Å². The third kappa shape index (κ3) is 3.21. The maximum Gasteiger partial charge on any atom is 0.335 e. The van der Waals surface area contributed by atoms with Gasteiger partial charge in [0.05, 0.1) is 11.3 Å². The number of aryl methyl sites for hydroxylation is 1. The number of hydrogen-bond acceptors (Lipinski definition) is 5. The van der Waals surface area contributed by atoms with Gasteiger partial charge in [-0.25, -0.2) is 14.2 Å². The first-order valence-electron chi connectivity index (χ1n) is 6.97. The van der Waals surface area contributed by atoms with Crippen molar-refractivity contribution in [2.75, 3.05) is 5.32 Å². The molecule has 0 bridgehead atoms. The minimum atomic E-state index is -1.25. The molecule has 2 N–H and O–H groups in total. The lowest BCUT2D eigenvalue weighted by Crippen LogP contribution is -2.04. The van der Waals surface area contributed by atoms with Crippen LogP contribution in [0.1, 0.15) is 15.9 Å². The van der Waals surface area contributed by atoms with Crippen LogP contribution in [0.15, 0.2) is 41.8 Å². The van der Waals surface area contributed by atoms with Crippen molar-refractivity contribution >= 4 is 28.1 Å². The van der Waals surface area contributed by atoms with Crippen molar-refractivity contribution in [1.29, 1.82) is 0 Å². The molecule has 0 aliphatic heterocycles. The Labute approximate surface area is 141 Å². The van der Waals surface area contributed by atoms with Gasteiger partial charge >= 0.3 is 5.97 Å². The molecule has 0 fully saturated rings. The summed E-state index contributed by atoms with van der Waals surface area (Å²) in [4.78, 5) is 15.2. The third-order valence-corrected chi connectivity index (χ3v) is 4.18. The molecule has 7 heteroatoms. The van der Waals surface area contributed by atoms with Gasteiger partial charge in [-0.1, -0.05) is 5.75 Å². The first-order chi connectivity index (χ1) is 11.4. The molecule has 122 valence electrons. The van der Waals surface area contributed by atoms with Gasteiger partial charge in [-0.15, -0.1) is 11.3 Å². The molecule has 2 aromatic carbocycles. The largest absolute Gasteiger partial charge is 0.872 e. The van der Waals surface area contributed by atoms with Crippen LogP contribution >= 0.6 is 11.3 Å². The molecule has 0 saturated heterocycles. The number of hydrogen-bond donors (Lipinski definition) is 2. The lowest BCUT2D eigenvalue weighted by Gasteiger charge is -2.12. The molecule has 0 radical (unpaired) electrons. The van der Waals surface area contributed by atoms with E-state index in [0.717, 1.165) is 5.56 Å².